The van der Waals surface area contributed by atoms with Crippen LogP contribution in [-0.4, -0.2) is 14.5 Å². The van der Waals surface area contributed by atoms with Crippen LogP contribution in [0.15, 0.2) is 55.4 Å². The molecule has 0 amide bonds. The number of aromatic nitrogens is 4. The third kappa shape index (κ3) is 2.63. The van der Waals surface area contributed by atoms with Gasteiger partial charge in [0.05, 0.1) is 0 Å². The first-order valence-corrected chi connectivity index (χ1v) is 6.19. The van der Waals surface area contributed by atoms with Gasteiger partial charge < -0.3 is 17.0 Å². The van der Waals surface area contributed by atoms with Crippen molar-refractivity contribution in [1.82, 2.24) is 14.5 Å². The predicted octanol–water partition coefficient (Wildman–Crippen LogP) is -0.835. The first kappa shape index (κ1) is 14.4. The van der Waals surface area contributed by atoms with Gasteiger partial charge in [0.1, 0.15) is 18.6 Å². The molecule has 3 rings (SSSR count). The van der Waals surface area contributed by atoms with Crippen molar-refractivity contribution in [2.45, 2.75) is 13.8 Å². The summed E-state index contributed by atoms with van der Waals surface area (Å²) in [5.74, 6) is 1.88. The molecule has 0 saturated carbocycles. The summed E-state index contributed by atoms with van der Waals surface area (Å²) in [6, 6.07) is 8.00. The molecule has 5 heteroatoms. The minimum atomic E-state index is 0. The van der Waals surface area contributed by atoms with Gasteiger partial charge in [-0.3, -0.25) is 0 Å². The lowest BCUT2D eigenvalue weighted by Gasteiger charge is -2.00. The van der Waals surface area contributed by atoms with Crippen molar-refractivity contribution >= 4 is 0 Å². The summed E-state index contributed by atoms with van der Waals surface area (Å²) < 4.78 is 4.01. The zero-order valence-electron chi connectivity index (χ0n) is 11.4. The van der Waals surface area contributed by atoms with E-state index in [9.17, 15) is 0 Å². The summed E-state index contributed by atoms with van der Waals surface area (Å²) in [6.07, 6.45) is 9.58. The van der Waals surface area contributed by atoms with Crippen LogP contribution in [0.3, 0.4) is 0 Å². The Morgan fingerprint density at radius 3 is 2.40 bits per heavy atom. The highest BCUT2D eigenvalue weighted by Crippen LogP contribution is 2.09. The second-order valence-corrected chi connectivity index (χ2v) is 4.52. The van der Waals surface area contributed by atoms with Gasteiger partial charge in [-0.2, -0.15) is 0 Å². The van der Waals surface area contributed by atoms with E-state index < -0.39 is 0 Å². The van der Waals surface area contributed by atoms with Gasteiger partial charge in [-0.25, -0.2) is 14.1 Å². The zero-order chi connectivity index (χ0) is 13.2. The number of rotatable bonds is 2. The quantitative estimate of drug-likeness (QED) is 0.575. The number of halogens is 1. The maximum Gasteiger partial charge on any atom is 0.269 e. The monoisotopic (exact) mass is 330 g/mol. The van der Waals surface area contributed by atoms with Crippen LogP contribution in [0.5, 0.6) is 0 Å². The van der Waals surface area contributed by atoms with Gasteiger partial charge in [0, 0.05) is 17.3 Å². The first-order chi connectivity index (χ1) is 9.25. The summed E-state index contributed by atoms with van der Waals surface area (Å²) in [4.78, 5) is 8.81. The molecule has 0 saturated heterocycles. The van der Waals surface area contributed by atoms with Crippen LogP contribution in [0.2, 0.25) is 0 Å². The Morgan fingerprint density at radius 1 is 1.00 bits per heavy atom. The van der Waals surface area contributed by atoms with Crippen LogP contribution in [0.25, 0.3) is 11.6 Å². The standard InChI is InChI=1S/C15H15N4.BrH/c1-12-5-3-7-16-14(12)18-9-10-19(11-18)15-13(2)6-4-8-17-15;/h3-11H,1-2H3;1H/q+1;/p-1. The first-order valence-electron chi connectivity index (χ1n) is 6.19. The third-order valence-corrected chi connectivity index (χ3v) is 3.09. The van der Waals surface area contributed by atoms with E-state index in [1.807, 2.05) is 40.0 Å². The van der Waals surface area contributed by atoms with Crippen LogP contribution in [0, 0.1) is 13.8 Å². The number of imidazole rings is 1. The van der Waals surface area contributed by atoms with Gasteiger partial charge in [-0.1, -0.05) is 6.07 Å². The Balaban J connectivity index is 0.00000147. The molecule has 0 radical (unpaired) electrons. The summed E-state index contributed by atoms with van der Waals surface area (Å²) in [5, 5.41) is 0. The third-order valence-electron chi connectivity index (χ3n) is 3.09. The van der Waals surface area contributed by atoms with Crippen molar-refractivity contribution in [3.63, 3.8) is 0 Å². The average molecular weight is 331 g/mol. The molecule has 0 unspecified atom stereocenters. The minimum absolute atomic E-state index is 0. The molecular weight excluding hydrogens is 316 g/mol. The van der Waals surface area contributed by atoms with Crippen molar-refractivity contribution in [1.29, 1.82) is 0 Å². The summed E-state index contributed by atoms with van der Waals surface area (Å²) >= 11 is 0. The molecule has 4 nitrogen and oxygen atoms in total. The SMILES string of the molecule is Cc1cccnc1-n1cc[n+](-c2ncccc2C)c1.[Br-]. The largest absolute Gasteiger partial charge is 1.00 e. The molecule has 0 atom stereocenters. The summed E-state index contributed by atoms with van der Waals surface area (Å²) in [5.41, 5.74) is 2.28. The number of hydrogen-bond acceptors (Lipinski definition) is 2. The normalized spacial score (nSPS) is 10.1. The Hall–Kier alpha value is -2.01. The Bertz CT molecular complexity index is 661. The van der Waals surface area contributed by atoms with E-state index in [-0.39, 0.29) is 17.0 Å². The van der Waals surface area contributed by atoms with E-state index in [1.54, 1.807) is 12.4 Å². The molecule has 0 aliphatic heterocycles. The summed E-state index contributed by atoms with van der Waals surface area (Å²) in [7, 11) is 0. The van der Waals surface area contributed by atoms with E-state index >= 15 is 0 Å². The van der Waals surface area contributed by atoms with Gasteiger partial charge in [0.2, 0.25) is 6.33 Å². The molecule has 20 heavy (non-hydrogen) atoms. The van der Waals surface area contributed by atoms with E-state index in [0.29, 0.717) is 0 Å². The zero-order valence-corrected chi connectivity index (χ0v) is 12.9. The number of hydrogen-bond donors (Lipinski definition) is 0. The molecule has 3 aromatic rings. The minimum Gasteiger partial charge on any atom is -1.00 e. The lowest BCUT2D eigenvalue weighted by Crippen LogP contribution is -3.00. The highest BCUT2D eigenvalue weighted by molar-refractivity contribution is 5.31. The van der Waals surface area contributed by atoms with E-state index in [0.717, 1.165) is 22.8 Å². The molecular formula is C15H15BrN4. The second kappa shape index (κ2) is 5.96. The van der Waals surface area contributed by atoms with Gasteiger partial charge >= 0.3 is 0 Å². The molecule has 0 bridgehead atoms. The van der Waals surface area contributed by atoms with Crippen LogP contribution >= 0.6 is 0 Å². The molecule has 0 spiro atoms. The highest BCUT2D eigenvalue weighted by Gasteiger charge is 2.12. The fourth-order valence-corrected chi connectivity index (χ4v) is 2.10. The van der Waals surface area contributed by atoms with Crippen molar-refractivity contribution in [2.75, 3.05) is 0 Å². The molecule has 3 heterocycles. The molecule has 3 aromatic heterocycles. The average Bonchev–Trinajstić information content (AvgIpc) is 2.89. The van der Waals surface area contributed by atoms with E-state index in [2.05, 4.69) is 35.9 Å². The molecule has 102 valence electrons. The van der Waals surface area contributed by atoms with Gasteiger partial charge in [-0.05, 0) is 32.0 Å². The van der Waals surface area contributed by atoms with Gasteiger partial charge in [0.25, 0.3) is 5.82 Å². The lowest BCUT2D eigenvalue weighted by molar-refractivity contribution is -0.599. The Kier molecular flexibility index (Phi) is 4.29. The number of pyridine rings is 2. The van der Waals surface area contributed by atoms with Crippen LogP contribution in [0.4, 0.5) is 0 Å². The van der Waals surface area contributed by atoms with E-state index in [1.165, 1.54) is 0 Å². The fraction of sp³-hybridized carbons (Fsp3) is 0.133. The Morgan fingerprint density at radius 2 is 1.70 bits per heavy atom. The maximum absolute atomic E-state index is 4.41. The van der Waals surface area contributed by atoms with Crippen LogP contribution in [-0.2, 0) is 0 Å². The molecule has 0 aliphatic rings. The number of nitrogens with zero attached hydrogens (tertiary/aromatic N) is 4. The predicted molar refractivity (Wildman–Crippen MR) is 72.4 cm³/mol. The summed E-state index contributed by atoms with van der Waals surface area (Å²) in [6.45, 7) is 4.11. The molecule has 0 aromatic carbocycles. The highest BCUT2D eigenvalue weighted by atomic mass is 79.9. The molecule has 0 fully saturated rings. The second-order valence-electron chi connectivity index (χ2n) is 4.52. The van der Waals surface area contributed by atoms with Crippen molar-refractivity contribution in [3.05, 3.63) is 66.5 Å². The molecule has 0 aliphatic carbocycles. The Labute approximate surface area is 128 Å². The van der Waals surface area contributed by atoms with Gasteiger partial charge in [0.15, 0.2) is 5.82 Å². The topological polar surface area (TPSA) is 34.6 Å². The van der Waals surface area contributed by atoms with Crippen LogP contribution in [0.1, 0.15) is 11.1 Å². The van der Waals surface area contributed by atoms with Crippen LogP contribution < -0.4 is 21.5 Å². The smallest absolute Gasteiger partial charge is 0.269 e. The van der Waals surface area contributed by atoms with Crippen molar-refractivity contribution in [3.8, 4) is 11.6 Å². The number of aryl methyl sites for hydroxylation is 2. The molecule has 0 N–H and O–H groups in total. The van der Waals surface area contributed by atoms with E-state index in [4.69, 9.17) is 0 Å². The van der Waals surface area contributed by atoms with Crippen molar-refractivity contribution in [2.24, 2.45) is 0 Å². The maximum atomic E-state index is 4.41. The fourth-order valence-electron chi connectivity index (χ4n) is 2.10. The lowest BCUT2D eigenvalue weighted by atomic mass is 10.3. The van der Waals surface area contributed by atoms with Gasteiger partial charge in [-0.15, -0.1) is 4.98 Å². The van der Waals surface area contributed by atoms with Crippen molar-refractivity contribution < 1.29 is 21.5 Å².